The van der Waals surface area contributed by atoms with E-state index in [1.54, 1.807) is 5.57 Å². The van der Waals surface area contributed by atoms with Crippen molar-refractivity contribution in [2.45, 2.75) is 118 Å². The highest BCUT2D eigenvalue weighted by atomic mass is 16.7. The van der Waals surface area contributed by atoms with Gasteiger partial charge in [-0.05, 0) is 96.8 Å². The Kier molecular flexibility index (Phi) is 8.32. The van der Waals surface area contributed by atoms with E-state index in [4.69, 9.17) is 9.47 Å². The lowest BCUT2D eigenvalue weighted by molar-refractivity contribution is -0.0620. The fraction of sp³-hybridized carbons (Fsp3) is 0.743. The van der Waals surface area contributed by atoms with E-state index in [9.17, 15) is 4.79 Å². The van der Waals surface area contributed by atoms with Crippen molar-refractivity contribution in [3.05, 3.63) is 47.5 Å². The van der Waals surface area contributed by atoms with Gasteiger partial charge < -0.3 is 9.47 Å². The molecule has 3 nitrogen and oxygen atoms in total. The highest BCUT2D eigenvalue weighted by Crippen LogP contribution is 2.67. The quantitative estimate of drug-likeness (QED) is 0.253. The van der Waals surface area contributed by atoms with Crippen molar-refractivity contribution in [2.24, 2.45) is 46.3 Å². The van der Waals surface area contributed by atoms with Crippen molar-refractivity contribution in [3.63, 3.8) is 0 Å². The van der Waals surface area contributed by atoms with Crippen LogP contribution < -0.4 is 0 Å². The Morgan fingerprint density at radius 3 is 2.53 bits per heavy atom. The van der Waals surface area contributed by atoms with E-state index in [0.29, 0.717) is 5.41 Å². The molecule has 0 bridgehead atoms. The number of hydrogen-bond donors (Lipinski definition) is 0. The molecule has 0 aromatic heterocycles. The fourth-order valence-corrected chi connectivity index (χ4v) is 9.64. The summed E-state index contributed by atoms with van der Waals surface area (Å²) in [5.41, 5.74) is 3.36. The second-order valence-corrected chi connectivity index (χ2v) is 14.3. The minimum absolute atomic E-state index is 0.0504. The minimum atomic E-state index is -0.523. The van der Waals surface area contributed by atoms with Crippen molar-refractivity contribution >= 4 is 6.16 Å². The van der Waals surface area contributed by atoms with Gasteiger partial charge in [-0.3, -0.25) is 0 Å². The molecule has 3 fully saturated rings. The zero-order valence-corrected chi connectivity index (χ0v) is 24.7. The molecule has 1 aromatic carbocycles. The molecular weight excluding hydrogens is 468 g/mol. The maximum Gasteiger partial charge on any atom is 0.508 e. The first kappa shape index (κ1) is 27.8. The second kappa shape index (κ2) is 11.4. The van der Waals surface area contributed by atoms with E-state index in [2.05, 4.69) is 40.7 Å². The molecule has 4 aliphatic rings. The first-order valence-electron chi connectivity index (χ1n) is 15.8. The molecule has 0 unspecified atom stereocenters. The van der Waals surface area contributed by atoms with Gasteiger partial charge in [0, 0.05) is 6.42 Å². The summed E-state index contributed by atoms with van der Waals surface area (Å²) in [5, 5.41) is 0. The predicted octanol–water partition coefficient (Wildman–Crippen LogP) is 9.75. The molecule has 0 spiro atoms. The second-order valence-electron chi connectivity index (χ2n) is 14.3. The number of fused-ring (bicyclic) bond motifs is 5. The molecule has 0 saturated heterocycles. The molecule has 0 amide bonds. The van der Waals surface area contributed by atoms with E-state index in [0.717, 1.165) is 60.3 Å². The number of benzene rings is 1. The Morgan fingerprint density at radius 2 is 1.76 bits per heavy atom. The van der Waals surface area contributed by atoms with Crippen LogP contribution in [0.1, 0.15) is 111 Å². The third-order valence-electron chi connectivity index (χ3n) is 11.7. The van der Waals surface area contributed by atoms with Crippen molar-refractivity contribution < 1.29 is 14.3 Å². The number of hydrogen-bond acceptors (Lipinski definition) is 3. The molecule has 0 heterocycles. The smallest absolute Gasteiger partial charge is 0.431 e. The summed E-state index contributed by atoms with van der Waals surface area (Å²) in [5.74, 6) is 5.11. The lowest BCUT2D eigenvalue weighted by Crippen LogP contribution is -2.51. The van der Waals surface area contributed by atoms with Gasteiger partial charge in [-0.25, -0.2) is 4.79 Å². The topological polar surface area (TPSA) is 35.5 Å². The molecule has 210 valence electrons. The lowest BCUT2D eigenvalue weighted by Gasteiger charge is -2.58. The predicted molar refractivity (Wildman–Crippen MR) is 155 cm³/mol. The van der Waals surface area contributed by atoms with Gasteiger partial charge in [-0.15, -0.1) is 0 Å². The molecule has 5 rings (SSSR count). The highest BCUT2D eigenvalue weighted by Gasteiger charge is 2.59. The third-order valence-corrected chi connectivity index (χ3v) is 11.7. The van der Waals surface area contributed by atoms with Crippen molar-refractivity contribution in [2.75, 3.05) is 0 Å². The molecule has 0 radical (unpaired) electrons. The Labute approximate surface area is 232 Å². The molecule has 8 atom stereocenters. The molecule has 0 aliphatic heterocycles. The summed E-state index contributed by atoms with van der Waals surface area (Å²) < 4.78 is 11.2. The SMILES string of the molecule is CC(C)CCC[C@@H](C)[C@H]1CC[C@@H]2[C@@H]3CC=C4C[C@@H](OC(=O)OCc5ccccc5)CC[C@]4(C)[C@H]3CC[C@@]21C. The van der Waals surface area contributed by atoms with E-state index in [-0.39, 0.29) is 18.1 Å². The molecule has 0 N–H and O–H groups in total. The van der Waals surface area contributed by atoms with Crippen LogP contribution in [0, 0.1) is 46.3 Å². The number of ether oxygens (including phenoxy) is 2. The maximum atomic E-state index is 12.4. The van der Waals surface area contributed by atoms with Crippen LogP contribution in [-0.2, 0) is 16.1 Å². The zero-order valence-electron chi connectivity index (χ0n) is 24.7. The van der Waals surface area contributed by atoms with Gasteiger partial charge in [-0.1, -0.05) is 95.9 Å². The third kappa shape index (κ3) is 5.46. The van der Waals surface area contributed by atoms with Crippen LogP contribution >= 0.6 is 0 Å². The van der Waals surface area contributed by atoms with E-state index in [1.807, 2.05) is 30.3 Å². The molecule has 1 aromatic rings. The van der Waals surface area contributed by atoms with Crippen LogP contribution in [0.3, 0.4) is 0 Å². The largest absolute Gasteiger partial charge is 0.508 e. The number of carbonyl (C=O) groups is 1. The molecular formula is C35H52O3. The Hall–Kier alpha value is -1.77. The van der Waals surface area contributed by atoms with Crippen LogP contribution in [0.4, 0.5) is 4.79 Å². The summed E-state index contributed by atoms with van der Waals surface area (Å²) >= 11 is 0. The Morgan fingerprint density at radius 1 is 0.974 bits per heavy atom. The van der Waals surface area contributed by atoms with E-state index >= 15 is 0 Å². The average Bonchev–Trinajstić information content (AvgIpc) is 3.25. The number of rotatable bonds is 8. The highest BCUT2D eigenvalue weighted by molar-refractivity contribution is 5.60. The lowest BCUT2D eigenvalue weighted by atomic mass is 9.47. The average molecular weight is 521 g/mol. The Bertz CT molecular complexity index is 982. The summed E-state index contributed by atoms with van der Waals surface area (Å²) in [7, 11) is 0. The minimum Gasteiger partial charge on any atom is -0.431 e. The van der Waals surface area contributed by atoms with Crippen molar-refractivity contribution in [3.8, 4) is 0 Å². The van der Waals surface area contributed by atoms with Gasteiger partial charge in [0.2, 0.25) is 0 Å². The Balaban J connectivity index is 1.19. The summed E-state index contributed by atoms with van der Waals surface area (Å²) in [6.07, 6.45) is 16.1. The fourth-order valence-electron chi connectivity index (χ4n) is 9.64. The van der Waals surface area contributed by atoms with Gasteiger partial charge in [-0.2, -0.15) is 0 Å². The monoisotopic (exact) mass is 520 g/mol. The number of allylic oxidation sites excluding steroid dienone is 1. The molecule has 3 saturated carbocycles. The first-order valence-corrected chi connectivity index (χ1v) is 15.8. The zero-order chi connectivity index (χ0) is 26.9. The van der Waals surface area contributed by atoms with Crippen molar-refractivity contribution in [1.82, 2.24) is 0 Å². The van der Waals surface area contributed by atoms with Gasteiger partial charge in [0.1, 0.15) is 12.7 Å². The van der Waals surface area contributed by atoms with Crippen molar-refractivity contribution in [1.29, 1.82) is 0 Å². The summed E-state index contributed by atoms with van der Waals surface area (Å²) in [6, 6.07) is 9.83. The molecule has 4 aliphatic carbocycles. The number of carbonyl (C=O) groups excluding carboxylic acids is 1. The van der Waals surface area contributed by atoms with Crippen LogP contribution in [-0.4, -0.2) is 12.3 Å². The van der Waals surface area contributed by atoms with Crippen LogP contribution in [0.2, 0.25) is 0 Å². The van der Waals surface area contributed by atoms with E-state index < -0.39 is 6.16 Å². The van der Waals surface area contributed by atoms with E-state index in [1.165, 1.54) is 51.4 Å². The standard InChI is InChI=1S/C35H52O3/c1-24(2)10-9-11-25(3)30-16-17-31-29-15-14-27-22-28(38-33(36)37-23-26-12-7-6-8-13-26)18-20-34(27,4)32(29)19-21-35(30,31)5/h6-8,12-14,24-25,28-32H,9-11,15-23H2,1-5H3/t25-,28+,29+,30-,31-,32+,34+,35-/m1/s1. The van der Waals surface area contributed by atoms with Crippen LogP contribution in [0.5, 0.6) is 0 Å². The van der Waals surface area contributed by atoms with Gasteiger partial charge in [0.25, 0.3) is 0 Å². The summed E-state index contributed by atoms with van der Waals surface area (Å²) in [4.78, 5) is 12.4. The van der Waals surface area contributed by atoms with Gasteiger partial charge >= 0.3 is 6.16 Å². The van der Waals surface area contributed by atoms with Gasteiger partial charge in [0.15, 0.2) is 0 Å². The van der Waals surface area contributed by atoms with Crippen LogP contribution in [0.25, 0.3) is 0 Å². The molecule has 3 heteroatoms. The molecule has 38 heavy (non-hydrogen) atoms. The maximum absolute atomic E-state index is 12.4. The van der Waals surface area contributed by atoms with Crippen LogP contribution in [0.15, 0.2) is 42.0 Å². The first-order chi connectivity index (χ1) is 18.2. The normalized spacial score (nSPS) is 37.0. The van der Waals surface area contributed by atoms with Gasteiger partial charge in [0.05, 0.1) is 0 Å². The summed E-state index contributed by atoms with van der Waals surface area (Å²) in [6.45, 7) is 12.8.